The molecule has 0 aliphatic heterocycles. The maximum absolute atomic E-state index is 5.45. The molecule has 0 saturated carbocycles. The predicted molar refractivity (Wildman–Crippen MR) is 32.7 cm³/mol. The molecule has 0 saturated heterocycles. The van der Waals surface area contributed by atoms with Crippen molar-refractivity contribution in [3.63, 3.8) is 0 Å². The first-order valence-electron chi connectivity index (χ1n) is 2.49. The molecule has 2 nitrogen and oxygen atoms in total. The molecule has 1 unspecified atom stereocenters. The summed E-state index contributed by atoms with van der Waals surface area (Å²) in [6, 6.07) is 0.220. The Morgan fingerprint density at radius 2 is 2.43 bits per heavy atom. The molecule has 0 radical (unpaired) electrons. The zero-order valence-corrected chi connectivity index (χ0v) is 4.72. The fourth-order valence-corrected chi connectivity index (χ4v) is 0.295. The van der Waals surface area contributed by atoms with Crippen molar-refractivity contribution in [3.8, 4) is 0 Å². The molecule has 0 heterocycles. The van der Waals surface area contributed by atoms with Gasteiger partial charge in [0.05, 0.1) is 6.54 Å². The van der Waals surface area contributed by atoms with Crippen molar-refractivity contribution in [2.75, 3.05) is 6.54 Å². The van der Waals surface area contributed by atoms with Crippen LogP contribution in [-0.4, -0.2) is 19.3 Å². The summed E-state index contributed by atoms with van der Waals surface area (Å²) in [6.07, 6.45) is 0.985. The molecule has 0 aliphatic carbocycles. The fraction of sp³-hybridized carbons (Fsp3) is 0.800. The summed E-state index contributed by atoms with van der Waals surface area (Å²) >= 11 is 0. The van der Waals surface area contributed by atoms with Crippen LogP contribution in [0.4, 0.5) is 0 Å². The van der Waals surface area contributed by atoms with Gasteiger partial charge in [-0.1, -0.05) is 6.92 Å². The molecule has 0 rings (SSSR count). The third-order valence-corrected chi connectivity index (χ3v) is 0.888. The van der Waals surface area contributed by atoms with Gasteiger partial charge in [0.2, 0.25) is 0 Å². The van der Waals surface area contributed by atoms with Crippen LogP contribution in [-0.2, 0) is 0 Å². The third-order valence-electron chi connectivity index (χ3n) is 0.888. The minimum atomic E-state index is 0.220. The van der Waals surface area contributed by atoms with E-state index in [1.54, 1.807) is 0 Å². The van der Waals surface area contributed by atoms with Gasteiger partial charge in [0.25, 0.3) is 0 Å². The normalized spacial score (nSPS) is 13.4. The molecule has 1 atom stereocenters. The van der Waals surface area contributed by atoms with Crippen LogP contribution in [0.1, 0.15) is 13.3 Å². The van der Waals surface area contributed by atoms with Gasteiger partial charge in [-0.05, 0) is 13.1 Å². The van der Waals surface area contributed by atoms with Crippen LogP contribution < -0.4 is 5.73 Å². The van der Waals surface area contributed by atoms with Crippen LogP contribution in [0.2, 0.25) is 0 Å². The largest absolute Gasteiger partial charge is 0.326 e. The van der Waals surface area contributed by atoms with E-state index in [4.69, 9.17) is 5.73 Å². The first-order valence-corrected chi connectivity index (χ1v) is 2.49. The minimum Gasteiger partial charge on any atom is -0.326 e. The Balaban J connectivity index is 2.98. The Kier molecular flexibility index (Phi) is 3.61. The summed E-state index contributed by atoms with van der Waals surface area (Å²) in [7, 11) is 0. The van der Waals surface area contributed by atoms with Crippen molar-refractivity contribution in [3.05, 3.63) is 0 Å². The highest BCUT2D eigenvalue weighted by atomic mass is 14.8. The summed E-state index contributed by atoms with van der Waals surface area (Å²) in [6.45, 7) is 6.05. The highest BCUT2D eigenvalue weighted by molar-refractivity contribution is 5.23. The Morgan fingerprint density at radius 1 is 1.86 bits per heavy atom. The van der Waals surface area contributed by atoms with Crippen LogP contribution >= 0.6 is 0 Å². The average Bonchev–Trinajstić information content (AvgIpc) is 1.68. The Labute approximate surface area is 44.4 Å². The van der Waals surface area contributed by atoms with E-state index in [9.17, 15) is 0 Å². The number of rotatable bonds is 3. The van der Waals surface area contributed by atoms with Crippen LogP contribution in [0.3, 0.4) is 0 Å². The monoisotopic (exact) mass is 100 g/mol. The molecule has 2 N–H and O–H groups in total. The first kappa shape index (κ1) is 6.63. The van der Waals surface area contributed by atoms with Gasteiger partial charge >= 0.3 is 0 Å². The molecule has 0 aromatic carbocycles. The van der Waals surface area contributed by atoms with Crippen molar-refractivity contribution in [1.82, 2.24) is 0 Å². The zero-order chi connectivity index (χ0) is 5.70. The van der Waals surface area contributed by atoms with Gasteiger partial charge in [-0.2, -0.15) is 0 Å². The molecular weight excluding hydrogens is 88.1 g/mol. The van der Waals surface area contributed by atoms with E-state index in [0.717, 1.165) is 6.42 Å². The van der Waals surface area contributed by atoms with Crippen LogP contribution in [0.25, 0.3) is 0 Å². The maximum Gasteiger partial charge on any atom is 0.0533 e. The average molecular weight is 100 g/mol. The molecule has 0 aromatic heterocycles. The van der Waals surface area contributed by atoms with Crippen LogP contribution in [0, 0.1) is 0 Å². The van der Waals surface area contributed by atoms with E-state index < -0.39 is 0 Å². The molecular formula is C5H12N2. The van der Waals surface area contributed by atoms with E-state index in [-0.39, 0.29) is 6.04 Å². The molecule has 0 spiro atoms. The SMILES string of the molecule is C=NCC(N)CC. The van der Waals surface area contributed by atoms with Gasteiger partial charge in [0, 0.05) is 6.04 Å². The number of nitrogens with zero attached hydrogens (tertiary/aromatic N) is 1. The maximum atomic E-state index is 5.45. The Morgan fingerprint density at radius 3 is 2.57 bits per heavy atom. The van der Waals surface area contributed by atoms with Gasteiger partial charge in [-0.15, -0.1) is 0 Å². The second-order valence-corrected chi connectivity index (χ2v) is 1.57. The van der Waals surface area contributed by atoms with Gasteiger partial charge < -0.3 is 5.73 Å². The topological polar surface area (TPSA) is 38.4 Å². The third kappa shape index (κ3) is 3.46. The van der Waals surface area contributed by atoms with Crippen molar-refractivity contribution in [2.45, 2.75) is 19.4 Å². The zero-order valence-electron chi connectivity index (χ0n) is 4.72. The van der Waals surface area contributed by atoms with Gasteiger partial charge in [-0.25, -0.2) is 0 Å². The van der Waals surface area contributed by atoms with Crippen LogP contribution in [0.5, 0.6) is 0 Å². The van der Waals surface area contributed by atoms with Crippen molar-refractivity contribution >= 4 is 6.72 Å². The van der Waals surface area contributed by atoms with Crippen molar-refractivity contribution in [2.24, 2.45) is 10.7 Å². The second-order valence-electron chi connectivity index (χ2n) is 1.57. The summed E-state index contributed by atoms with van der Waals surface area (Å²) < 4.78 is 0. The smallest absolute Gasteiger partial charge is 0.0533 e. The highest BCUT2D eigenvalue weighted by Crippen LogP contribution is 1.83. The van der Waals surface area contributed by atoms with Gasteiger partial charge in [-0.3, -0.25) is 4.99 Å². The highest BCUT2D eigenvalue weighted by Gasteiger charge is 1.91. The van der Waals surface area contributed by atoms with E-state index in [2.05, 4.69) is 11.7 Å². The molecule has 42 valence electrons. The molecule has 0 amide bonds. The standard InChI is InChI=1S/C5H12N2/c1-3-5(6)4-7-2/h5H,2-4,6H2,1H3. The molecule has 0 fully saturated rings. The predicted octanol–water partition coefficient (Wildman–Crippen LogP) is 0.424. The quantitative estimate of drug-likeness (QED) is 0.513. The Bertz CT molecular complexity index is 52.0. The first-order chi connectivity index (χ1) is 3.31. The number of nitrogens with two attached hydrogens (primary N) is 1. The molecule has 2 heteroatoms. The van der Waals surface area contributed by atoms with Crippen molar-refractivity contribution in [1.29, 1.82) is 0 Å². The molecule has 0 bridgehead atoms. The lowest BCUT2D eigenvalue weighted by atomic mass is 10.2. The molecule has 7 heavy (non-hydrogen) atoms. The summed E-state index contributed by atoms with van der Waals surface area (Å²) in [4.78, 5) is 3.63. The number of aliphatic imine (C=N–C) groups is 1. The van der Waals surface area contributed by atoms with Crippen LogP contribution in [0.15, 0.2) is 4.99 Å². The summed E-state index contributed by atoms with van der Waals surface area (Å²) in [5.41, 5.74) is 5.45. The van der Waals surface area contributed by atoms with Crippen molar-refractivity contribution < 1.29 is 0 Å². The van der Waals surface area contributed by atoms with E-state index in [1.165, 1.54) is 0 Å². The van der Waals surface area contributed by atoms with E-state index in [0.29, 0.717) is 6.54 Å². The minimum absolute atomic E-state index is 0.220. The molecule has 0 aromatic rings. The number of hydrogen-bond acceptors (Lipinski definition) is 2. The number of hydrogen-bond donors (Lipinski definition) is 1. The van der Waals surface area contributed by atoms with Gasteiger partial charge in [0.1, 0.15) is 0 Å². The van der Waals surface area contributed by atoms with E-state index in [1.807, 2.05) is 6.92 Å². The molecule has 0 aliphatic rings. The lowest BCUT2D eigenvalue weighted by Crippen LogP contribution is -2.21. The second kappa shape index (κ2) is 3.81. The summed E-state index contributed by atoms with van der Waals surface area (Å²) in [5, 5.41) is 0. The summed E-state index contributed by atoms with van der Waals surface area (Å²) in [5.74, 6) is 0. The lowest BCUT2D eigenvalue weighted by molar-refractivity contribution is 0.663. The van der Waals surface area contributed by atoms with Gasteiger partial charge in [0.15, 0.2) is 0 Å². The fourth-order valence-electron chi connectivity index (χ4n) is 0.295. The Hall–Kier alpha value is -0.370. The lowest BCUT2D eigenvalue weighted by Gasteiger charge is -2.00. The van der Waals surface area contributed by atoms with E-state index >= 15 is 0 Å².